The Balaban J connectivity index is 2.41. The van der Waals surface area contributed by atoms with Gasteiger partial charge in [-0.2, -0.15) is 13.2 Å². The van der Waals surface area contributed by atoms with Crippen LogP contribution in [0.3, 0.4) is 0 Å². The lowest BCUT2D eigenvalue weighted by Gasteiger charge is -2.17. The minimum atomic E-state index is -4.64. The molecule has 0 saturated heterocycles. The summed E-state index contributed by atoms with van der Waals surface area (Å²) in [7, 11) is 0. The second-order valence-corrected chi connectivity index (χ2v) is 7.25. The highest BCUT2D eigenvalue weighted by Crippen LogP contribution is 2.30. The number of hydrogen-bond donors (Lipinski definition) is 0. The average molecular weight is 404 g/mol. The molecule has 0 bridgehead atoms. The molecule has 0 N–H and O–H groups in total. The second kappa shape index (κ2) is 12.8. The van der Waals surface area contributed by atoms with Crippen molar-refractivity contribution >= 4 is 5.97 Å². The number of halogens is 4. The van der Waals surface area contributed by atoms with Crippen molar-refractivity contribution in [1.29, 1.82) is 0 Å². The molecule has 0 spiro atoms. The van der Waals surface area contributed by atoms with Gasteiger partial charge in [-0.05, 0) is 37.5 Å². The Morgan fingerprint density at radius 3 is 2.07 bits per heavy atom. The largest absolute Gasteiger partial charge is 0.459 e. The van der Waals surface area contributed by atoms with E-state index in [4.69, 9.17) is 4.74 Å². The summed E-state index contributed by atoms with van der Waals surface area (Å²) in [6, 6.07) is 1.79. The van der Waals surface area contributed by atoms with Crippen molar-refractivity contribution in [3.63, 3.8) is 0 Å². The van der Waals surface area contributed by atoms with Gasteiger partial charge in [-0.3, -0.25) is 0 Å². The molecule has 0 aliphatic carbocycles. The first-order chi connectivity index (χ1) is 13.3. The minimum absolute atomic E-state index is 0.411. The van der Waals surface area contributed by atoms with E-state index in [2.05, 4.69) is 6.92 Å². The monoisotopic (exact) mass is 404 g/mol. The number of carbonyl (C=O) groups excluding carboxylic acids is 1. The summed E-state index contributed by atoms with van der Waals surface area (Å²) < 4.78 is 57.4. The van der Waals surface area contributed by atoms with Crippen LogP contribution in [-0.4, -0.2) is 12.1 Å². The van der Waals surface area contributed by atoms with Crippen LogP contribution in [0, 0.1) is 5.82 Å². The third-order valence-corrected chi connectivity index (χ3v) is 4.87. The Hall–Kier alpha value is -1.59. The molecule has 160 valence electrons. The van der Waals surface area contributed by atoms with Crippen LogP contribution in [0.5, 0.6) is 0 Å². The highest BCUT2D eigenvalue weighted by Gasteiger charge is 2.32. The SMILES string of the molecule is CCCCCCCCCCCC(CC)OC(=O)c1cc(C(F)(F)F)ccc1F. The maximum absolute atomic E-state index is 13.8. The molecular formula is C22H32F4O2. The first-order valence-electron chi connectivity index (χ1n) is 10.4. The van der Waals surface area contributed by atoms with E-state index in [9.17, 15) is 22.4 Å². The number of ether oxygens (including phenoxy) is 1. The Morgan fingerprint density at radius 2 is 1.54 bits per heavy atom. The fourth-order valence-electron chi connectivity index (χ4n) is 3.10. The first kappa shape index (κ1) is 24.4. The summed E-state index contributed by atoms with van der Waals surface area (Å²) in [5.41, 5.74) is -1.73. The third-order valence-electron chi connectivity index (χ3n) is 4.87. The number of esters is 1. The van der Waals surface area contributed by atoms with Crippen LogP contribution in [0.25, 0.3) is 0 Å². The molecule has 0 heterocycles. The number of carbonyl (C=O) groups is 1. The van der Waals surface area contributed by atoms with Crippen LogP contribution in [-0.2, 0) is 10.9 Å². The lowest BCUT2D eigenvalue weighted by Crippen LogP contribution is -2.19. The molecule has 0 aliphatic heterocycles. The van der Waals surface area contributed by atoms with Gasteiger partial charge in [0.25, 0.3) is 0 Å². The van der Waals surface area contributed by atoms with Gasteiger partial charge in [-0.1, -0.05) is 65.2 Å². The Morgan fingerprint density at radius 1 is 0.964 bits per heavy atom. The summed E-state index contributed by atoms with van der Waals surface area (Å²) in [6.45, 7) is 4.03. The molecule has 0 amide bonds. The molecule has 28 heavy (non-hydrogen) atoms. The van der Waals surface area contributed by atoms with Crippen molar-refractivity contribution in [2.45, 2.75) is 96.8 Å². The topological polar surface area (TPSA) is 26.3 Å². The van der Waals surface area contributed by atoms with Crippen molar-refractivity contribution in [1.82, 2.24) is 0 Å². The highest BCUT2D eigenvalue weighted by atomic mass is 19.4. The predicted octanol–water partition coefficient (Wildman–Crippen LogP) is 7.70. The molecule has 0 fully saturated rings. The lowest BCUT2D eigenvalue weighted by atomic mass is 10.0. The first-order valence-corrected chi connectivity index (χ1v) is 10.4. The lowest BCUT2D eigenvalue weighted by molar-refractivity contribution is -0.137. The summed E-state index contributed by atoms with van der Waals surface area (Å²) >= 11 is 0. The van der Waals surface area contributed by atoms with E-state index in [1.165, 1.54) is 38.5 Å². The van der Waals surface area contributed by atoms with E-state index in [-0.39, 0.29) is 0 Å². The molecule has 0 saturated carbocycles. The number of alkyl halides is 3. The van der Waals surface area contributed by atoms with Crippen LogP contribution in [0.1, 0.15) is 100 Å². The smallest absolute Gasteiger partial charge is 0.416 e. The predicted molar refractivity (Wildman–Crippen MR) is 103 cm³/mol. The van der Waals surface area contributed by atoms with Crippen LogP contribution in [0.4, 0.5) is 17.6 Å². The van der Waals surface area contributed by atoms with E-state index < -0.39 is 35.2 Å². The minimum Gasteiger partial charge on any atom is -0.459 e. The van der Waals surface area contributed by atoms with Gasteiger partial charge in [0.2, 0.25) is 0 Å². The summed E-state index contributed by atoms with van der Waals surface area (Å²) in [5.74, 6) is -2.04. The van der Waals surface area contributed by atoms with Crippen LogP contribution < -0.4 is 0 Å². The van der Waals surface area contributed by atoms with Crippen molar-refractivity contribution in [2.24, 2.45) is 0 Å². The van der Waals surface area contributed by atoms with Crippen LogP contribution in [0.15, 0.2) is 18.2 Å². The van der Waals surface area contributed by atoms with Gasteiger partial charge in [0, 0.05) is 0 Å². The van der Waals surface area contributed by atoms with Crippen molar-refractivity contribution in [2.75, 3.05) is 0 Å². The summed E-state index contributed by atoms with van der Waals surface area (Å²) in [5, 5.41) is 0. The molecule has 6 heteroatoms. The van der Waals surface area contributed by atoms with Gasteiger partial charge in [0.05, 0.1) is 11.1 Å². The van der Waals surface area contributed by atoms with Gasteiger partial charge >= 0.3 is 12.1 Å². The van der Waals surface area contributed by atoms with Crippen molar-refractivity contribution in [3.8, 4) is 0 Å². The zero-order valence-corrected chi connectivity index (χ0v) is 16.9. The zero-order chi connectivity index (χ0) is 21.0. The molecule has 0 aliphatic rings. The molecule has 1 rings (SSSR count). The van der Waals surface area contributed by atoms with Gasteiger partial charge in [0.15, 0.2) is 0 Å². The van der Waals surface area contributed by atoms with Gasteiger partial charge in [-0.25, -0.2) is 9.18 Å². The van der Waals surface area contributed by atoms with E-state index in [0.717, 1.165) is 19.3 Å². The van der Waals surface area contributed by atoms with E-state index in [1.807, 2.05) is 6.92 Å². The second-order valence-electron chi connectivity index (χ2n) is 7.25. The molecule has 1 aromatic carbocycles. The quantitative estimate of drug-likeness (QED) is 0.191. The average Bonchev–Trinajstić information content (AvgIpc) is 2.64. The maximum Gasteiger partial charge on any atom is 0.416 e. The van der Waals surface area contributed by atoms with Crippen molar-refractivity contribution < 1.29 is 27.1 Å². The Bertz CT molecular complexity index is 584. The van der Waals surface area contributed by atoms with Gasteiger partial charge in [0.1, 0.15) is 11.9 Å². The molecule has 1 unspecified atom stereocenters. The zero-order valence-electron chi connectivity index (χ0n) is 16.9. The Kier molecular flexibility index (Phi) is 11.2. The molecule has 0 radical (unpaired) electrons. The number of rotatable bonds is 13. The Labute approximate surface area is 165 Å². The molecule has 0 aromatic heterocycles. The summed E-state index contributed by atoms with van der Waals surface area (Å²) in [4.78, 5) is 12.1. The van der Waals surface area contributed by atoms with Gasteiger partial charge in [-0.15, -0.1) is 0 Å². The van der Waals surface area contributed by atoms with Crippen molar-refractivity contribution in [3.05, 3.63) is 35.1 Å². The summed E-state index contributed by atoms with van der Waals surface area (Å²) in [6.07, 6.45) is 6.68. The maximum atomic E-state index is 13.8. The van der Waals surface area contributed by atoms with E-state index >= 15 is 0 Å². The molecule has 2 nitrogen and oxygen atoms in total. The molecular weight excluding hydrogens is 372 g/mol. The number of unbranched alkanes of at least 4 members (excludes halogenated alkanes) is 8. The van der Waals surface area contributed by atoms with E-state index in [0.29, 0.717) is 31.0 Å². The fourth-order valence-corrected chi connectivity index (χ4v) is 3.10. The highest BCUT2D eigenvalue weighted by molar-refractivity contribution is 5.90. The fraction of sp³-hybridized carbons (Fsp3) is 0.682. The number of benzene rings is 1. The third kappa shape index (κ3) is 9.07. The molecule has 1 atom stereocenters. The standard InChI is InChI=1S/C22H32F4O2/c1-3-5-6-7-8-9-10-11-12-13-18(4-2)28-21(27)19-16-17(22(24,25)26)14-15-20(19)23/h14-16,18H,3-13H2,1-2H3. The van der Waals surface area contributed by atoms with Crippen LogP contribution in [0.2, 0.25) is 0 Å². The number of hydrogen-bond acceptors (Lipinski definition) is 2. The van der Waals surface area contributed by atoms with Gasteiger partial charge < -0.3 is 4.74 Å². The van der Waals surface area contributed by atoms with Crippen LogP contribution >= 0.6 is 0 Å². The normalized spacial score (nSPS) is 12.8. The molecule has 1 aromatic rings. The van der Waals surface area contributed by atoms with E-state index in [1.54, 1.807) is 0 Å².